The topological polar surface area (TPSA) is 80.7 Å². The van der Waals surface area contributed by atoms with Crippen LogP contribution in [0.25, 0.3) is 11.3 Å². The summed E-state index contributed by atoms with van der Waals surface area (Å²) in [5.74, 6) is 0.291. The fraction of sp³-hybridized carbons (Fsp3) is 0.0435. The van der Waals surface area contributed by atoms with Crippen LogP contribution in [0, 0.1) is 0 Å². The van der Waals surface area contributed by atoms with Crippen LogP contribution < -0.4 is 9.46 Å². The molecule has 9 heteroatoms. The number of nitrogens with zero attached hydrogens (tertiary/aromatic N) is 2. The molecule has 0 aliphatic carbocycles. The molecule has 6 nitrogen and oxygen atoms in total. The van der Waals surface area contributed by atoms with Gasteiger partial charge in [-0.05, 0) is 29.8 Å². The second-order valence-electron chi connectivity index (χ2n) is 6.66. The molecule has 0 atom stereocenters. The van der Waals surface area contributed by atoms with E-state index < -0.39 is 10.0 Å². The standard InChI is InChI=1S/C23H18ClN3O3S2/c1-30-22-13-19(11-12-20(22)24)32(28,29)27-18-9-7-17(8-10-18)21-15-31-23(26-21)25-14-16-5-3-2-4-6-16/h2-15,27H,1H3. The van der Waals surface area contributed by atoms with Gasteiger partial charge in [0.05, 0.1) is 22.7 Å². The van der Waals surface area contributed by atoms with Crippen LogP contribution >= 0.6 is 22.9 Å². The van der Waals surface area contributed by atoms with Crippen molar-refractivity contribution in [2.24, 2.45) is 4.99 Å². The summed E-state index contributed by atoms with van der Waals surface area (Å²) >= 11 is 7.42. The van der Waals surface area contributed by atoms with E-state index in [9.17, 15) is 8.42 Å². The van der Waals surface area contributed by atoms with E-state index in [2.05, 4.69) is 14.7 Å². The van der Waals surface area contributed by atoms with Crippen molar-refractivity contribution in [3.63, 3.8) is 0 Å². The van der Waals surface area contributed by atoms with Crippen LogP contribution in [-0.2, 0) is 10.0 Å². The normalized spacial score (nSPS) is 11.6. The lowest BCUT2D eigenvalue weighted by atomic mass is 10.1. The van der Waals surface area contributed by atoms with E-state index >= 15 is 0 Å². The lowest BCUT2D eigenvalue weighted by Crippen LogP contribution is -2.13. The molecule has 0 saturated carbocycles. The Morgan fingerprint density at radius 2 is 1.81 bits per heavy atom. The van der Waals surface area contributed by atoms with Crippen LogP contribution in [0.5, 0.6) is 5.75 Å². The molecule has 4 rings (SSSR count). The Hall–Kier alpha value is -3.20. The molecular formula is C23H18ClN3O3S2. The highest BCUT2D eigenvalue weighted by molar-refractivity contribution is 7.92. The van der Waals surface area contributed by atoms with Crippen molar-refractivity contribution < 1.29 is 13.2 Å². The van der Waals surface area contributed by atoms with Gasteiger partial charge in [0.2, 0.25) is 5.13 Å². The van der Waals surface area contributed by atoms with Crippen LogP contribution in [0.2, 0.25) is 5.02 Å². The Morgan fingerprint density at radius 3 is 2.53 bits per heavy atom. The fourth-order valence-electron chi connectivity index (χ4n) is 2.86. The van der Waals surface area contributed by atoms with Crippen LogP contribution in [0.1, 0.15) is 5.56 Å². The van der Waals surface area contributed by atoms with Crippen molar-refractivity contribution in [2.75, 3.05) is 11.8 Å². The molecule has 162 valence electrons. The number of methoxy groups -OCH3 is 1. The van der Waals surface area contributed by atoms with Gasteiger partial charge in [0.15, 0.2) is 0 Å². The smallest absolute Gasteiger partial charge is 0.262 e. The number of thiazole rings is 1. The maximum atomic E-state index is 12.7. The number of hydrogen-bond acceptors (Lipinski definition) is 6. The SMILES string of the molecule is COc1cc(S(=O)(=O)Nc2ccc(-c3csc(N=Cc4ccccc4)n3)cc2)ccc1Cl. The van der Waals surface area contributed by atoms with E-state index in [1.54, 1.807) is 30.5 Å². The first-order valence-electron chi connectivity index (χ1n) is 9.46. The molecule has 0 unspecified atom stereocenters. The van der Waals surface area contributed by atoms with Crippen molar-refractivity contribution in [3.8, 4) is 17.0 Å². The number of aliphatic imine (C=N–C) groups is 1. The van der Waals surface area contributed by atoms with Gasteiger partial charge in [-0.2, -0.15) is 0 Å². The van der Waals surface area contributed by atoms with E-state index in [-0.39, 0.29) is 4.90 Å². The Kier molecular flexibility index (Phi) is 6.55. The van der Waals surface area contributed by atoms with Gasteiger partial charge in [0, 0.05) is 28.9 Å². The Balaban J connectivity index is 1.48. The molecule has 32 heavy (non-hydrogen) atoms. The monoisotopic (exact) mass is 483 g/mol. The highest BCUT2D eigenvalue weighted by atomic mass is 35.5. The summed E-state index contributed by atoms with van der Waals surface area (Å²) in [5, 5.41) is 2.90. The summed E-state index contributed by atoms with van der Waals surface area (Å²) < 4.78 is 33.0. The quantitative estimate of drug-likeness (QED) is 0.326. The van der Waals surface area contributed by atoms with Crippen molar-refractivity contribution in [2.45, 2.75) is 4.90 Å². The number of anilines is 1. The number of aromatic nitrogens is 1. The predicted octanol–water partition coefficient (Wildman–Crippen LogP) is 6.02. The van der Waals surface area contributed by atoms with Crippen LogP contribution in [0.3, 0.4) is 0 Å². The minimum atomic E-state index is -3.79. The van der Waals surface area contributed by atoms with Gasteiger partial charge in [-0.1, -0.05) is 54.1 Å². The summed E-state index contributed by atoms with van der Waals surface area (Å²) in [6.45, 7) is 0. The third-order valence-electron chi connectivity index (χ3n) is 4.48. The van der Waals surface area contributed by atoms with Crippen molar-refractivity contribution in [1.29, 1.82) is 0 Å². The average molecular weight is 484 g/mol. The molecule has 0 amide bonds. The Morgan fingerprint density at radius 1 is 1.06 bits per heavy atom. The molecule has 1 heterocycles. The minimum Gasteiger partial charge on any atom is -0.495 e. The summed E-state index contributed by atoms with van der Waals surface area (Å²) in [4.78, 5) is 9.00. The third kappa shape index (κ3) is 5.16. The summed E-state index contributed by atoms with van der Waals surface area (Å²) in [6, 6.07) is 21.1. The number of ether oxygens (including phenoxy) is 1. The lowest BCUT2D eigenvalue weighted by molar-refractivity contribution is 0.413. The molecule has 0 saturated heterocycles. The molecule has 3 aromatic carbocycles. The molecule has 0 spiro atoms. The summed E-state index contributed by atoms with van der Waals surface area (Å²) in [5.41, 5.74) is 3.06. The van der Waals surface area contributed by atoms with Crippen molar-refractivity contribution in [1.82, 2.24) is 4.98 Å². The summed E-state index contributed by atoms with van der Waals surface area (Å²) in [6.07, 6.45) is 1.77. The van der Waals surface area contributed by atoms with Gasteiger partial charge in [-0.3, -0.25) is 4.72 Å². The lowest BCUT2D eigenvalue weighted by Gasteiger charge is -2.10. The molecule has 1 aromatic heterocycles. The molecular weight excluding hydrogens is 466 g/mol. The zero-order chi connectivity index (χ0) is 22.6. The molecule has 0 aliphatic heterocycles. The average Bonchev–Trinajstić information content (AvgIpc) is 3.28. The van der Waals surface area contributed by atoms with Crippen molar-refractivity contribution >= 4 is 50.0 Å². The maximum Gasteiger partial charge on any atom is 0.262 e. The van der Waals surface area contributed by atoms with Gasteiger partial charge in [0.1, 0.15) is 5.75 Å². The van der Waals surface area contributed by atoms with E-state index in [4.69, 9.17) is 16.3 Å². The largest absolute Gasteiger partial charge is 0.495 e. The first kappa shape index (κ1) is 22.0. The van der Waals surface area contributed by atoms with Crippen LogP contribution in [0.15, 0.2) is 88.1 Å². The van der Waals surface area contributed by atoms with Gasteiger partial charge in [0.25, 0.3) is 10.0 Å². The van der Waals surface area contributed by atoms with E-state index in [0.29, 0.717) is 21.6 Å². The molecule has 0 aliphatic rings. The second kappa shape index (κ2) is 9.52. The molecule has 1 N–H and O–H groups in total. The van der Waals surface area contributed by atoms with Gasteiger partial charge < -0.3 is 4.74 Å². The van der Waals surface area contributed by atoms with E-state index in [1.165, 1.54) is 36.6 Å². The fourth-order valence-corrected chi connectivity index (χ4v) is 4.79. The number of benzene rings is 3. The van der Waals surface area contributed by atoms with E-state index in [1.807, 2.05) is 35.7 Å². The maximum absolute atomic E-state index is 12.7. The molecule has 0 fully saturated rings. The summed E-state index contributed by atoms with van der Waals surface area (Å²) in [7, 11) is -2.36. The predicted molar refractivity (Wildman–Crippen MR) is 130 cm³/mol. The van der Waals surface area contributed by atoms with E-state index in [0.717, 1.165) is 16.8 Å². The number of sulfonamides is 1. The highest BCUT2D eigenvalue weighted by Crippen LogP contribution is 2.30. The molecule has 4 aromatic rings. The number of hydrogen-bond donors (Lipinski definition) is 1. The van der Waals surface area contributed by atoms with Gasteiger partial charge >= 0.3 is 0 Å². The number of halogens is 1. The first-order valence-corrected chi connectivity index (χ1v) is 12.2. The Labute approximate surface area is 195 Å². The molecule has 0 bridgehead atoms. The second-order valence-corrected chi connectivity index (χ2v) is 9.59. The first-order chi connectivity index (χ1) is 15.4. The zero-order valence-corrected chi connectivity index (χ0v) is 19.3. The Bertz CT molecular complexity index is 1350. The van der Waals surface area contributed by atoms with Crippen LogP contribution in [0.4, 0.5) is 10.8 Å². The van der Waals surface area contributed by atoms with Crippen molar-refractivity contribution in [3.05, 3.63) is 88.8 Å². The molecule has 0 radical (unpaired) electrons. The van der Waals surface area contributed by atoms with Crippen LogP contribution in [-0.4, -0.2) is 26.7 Å². The third-order valence-corrected chi connectivity index (χ3v) is 6.92. The number of rotatable bonds is 7. The highest BCUT2D eigenvalue weighted by Gasteiger charge is 2.16. The van der Waals surface area contributed by atoms with Gasteiger partial charge in [-0.15, -0.1) is 11.3 Å². The van der Waals surface area contributed by atoms with Gasteiger partial charge in [-0.25, -0.2) is 18.4 Å². The zero-order valence-electron chi connectivity index (χ0n) is 16.9. The minimum absolute atomic E-state index is 0.0586. The number of nitrogens with one attached hydrogen (secondary N) is 1.